The maximum absolute atomic E-state index is 10.6. The lowest BCUT2D eigenvalue weighted by atomic mass is 10.00. The first-order chi connectivity index (χ1) is 10.5. The molecule has 0 saturated heterocycles. The lowest BCUT2D eigenvalue weighted by Gasteiger charge is -2.10. The molecule has 0 saturated carbocycles. The summed E-state index contributed by atoms with van der Waals surface area (Å²) >= 11 is 12.1. The van der Waals surface area contributed by atoms with Crippen molar-refractivity contribution in [3.63, 3.8) is 0 Å². The number of benzene rings is 2. The Bertz CT molecular complexity index is 821. The number of hydrogen-bond acceptors (Lipinski definition) is 4. The van der Waals surface area contributed by atoms with Crippen molar-refractivity contribution in [3.8, 4) is 0 Å². The summed E-state index contributed by atoms with van der Waals surface area (Å²) in [4.78, 5) is 28.3. The molecule has 0 aliphatic rings. The smallest absolute Gasteiger partial charge is 0.211 e. The average molecular weight is 333 g/mol. The third kappa shape index (κ3) is 3.70. The van der Waals surface area contributed by atoms with Crippen molar-refractivity contribution in [2.75, 3.05) is 0 Å². The number of halogens is 2. The van der Waals surface area contributed by atoms with Crippen molar-refractivity contribution >= 4 is 46.7 Å². The van der Waals surface area contributed by atoms with Gasteiger partial charge < -0.3 is 0 Å². The van der Waals surface area contributed by atoms with E-state index in [2.05, 4.69) is 9.98 Å². The number of rotatable bonds is 4. The predicted molar refractivity (Wildman–Crippen MR) is 86.0 cm³/mol. The van der Waals surface area contributed by atoms with Gasteiger partial charge in [0.05, 0.1) is 11.4 Å². The van der Waals surface area contributed by atoms with Gasteiger partial charge in [0.2, 0.25) is 12.2 Å². The Morgan fingerprint density at radius 3 is 2.32 bits per heavy atom. The minimum absolute atomic E-state index is 0.380. The summed E-state index contributed by atoms with van der Waals surface area (Å²) in [7, 11) is 0. The Balaban J connectivity index is 2.54. The Labute approximate surface area is 137 Å². The first-order valence-corrected chi connectivity index (χ1v) is 7.04. The van der Waals surface area contributed by atoms with E-state index in [1.807, 2.05) is 0 Å². The fraction of sp³-hybridized carbons (Fsp3) is 0.125. The van der Waals surface area contributed by atoms with Crippen LogP contribution in [0.15, 0.2) is 40.3 Å². The fourth-order valence-corrected chi connectivity index (χ4v) is 2.47. The van der Waals surface area contributed by atoms with Crippen molar-refractivity contribution in [3.05, 3.63) is 57.1 Å². The third-order valence-electron chi connectivity index (χ3n) is 3.12. The Hall–Kier alpha value is -2.22. The number of hydrogen-bond donors (Lipinski definition) is 0. The highest BCUT2D eigenvalue weighted by atomic mass is 35.5. The van der Waals surface area contributed by atoms with Crippen LogP contribution in [0.4, 0.5) is 11.4 Å². The quantitative estimate of drug-likeness (QED) is 0.594. The number of carbonyl (C=O) groups excluding carboxylic acids is 2. The maximum atomic E-state index is 10.6. The molecule has 0 amide bonds. The minimum atomic E-state index is 0.380. The molecule has 2 aromatic carbocycles. The second-order valence-corrected chi connectivity index (χ2v) is 5.43. The lowest BCUT2D eigenvalue weighted by molar-refractivity contribution is 0.564. The second-order valence-electron chi connectivity index (χ2n) is 4.59. The molecule has 0 aliphatic heterocycles. The summed E-state index contributed by atoms with van der Waals surface area (Å²) in [6.07, 6.45) is 3.41. The monoisotopic (exact) mass is 332 g/mol. The highest BCUT2D eigenvalue weighted by molar-refractivity contribution is 6.33. The molecule has 0 radical (unpaired) electrons. The van der Waals surface area contributed by atoms with E-state index in [9.17, 15) is 9.59 Å². The molecular weight excluding hydrogens is 323 g/mol. The van der Waals surface area contributed by atoms with E-state index in [0.29, 0.717) is 27.8 Å². The van der Waals surface area contributed by atoms with E-state index in [4.69, 9.17) is 23.2 Å². The van der Waals surface area contributed by atoms with E-state index in [1.165, 1.54) is 12.2 Å². The predicted octanol–water partition coefficient (Wildman–Crippen LogP) is 4.83. The van der Waals surface area contributed by atoms with Gasteiger partial charge in [-0.1, -0.05) is 29.3 Å². The van der Waals surface area contributed by atoms with Crippen molar-refractivity contribution in [2.24, 2.45) is 9.98 Å². The van der Waals surface area contributed by atoms with Crippen LogP contribution in [0, 0.1) is 6.92 Å². The number of isocyanates is 2. The van der Waals surface area contributed by atoms with Gasteiger partial charge in [0.25, 0.3) is 0 Å². The van der Waals surface area contributed by atoms with Crippen molar-refractivity contribution in [2.45, 2.75) is 13.3 Å². The normalized spacial score (nSPS) is 9.77. The van der Waals surface area contributed by atoms with E-state index in [-0.39, 0.29) is 0 Å². The highest BCUT2D eigenvalue weighted by Crippen LogP contribution is 2.32. The molecule has 0 heterocycles. The second kappa shape index (κ2) is 7.17. The summed E-state index contributed by atoms with van der Waals surface area (Å²) in [5.41, 5.74) is 3.12. The molecule has 6 heteroatoms. The number of aliphatic imine (C=N–C) groups is 2. The molecule has 0 spiro atoms. The molecule has 2 aromatic rings. The van der Waals surface area contributed by atoms with Crippen LogP contribution in [0.5, 0.6) is 0 Å². The van der Waals surface area contributed by atoms with Gasteiger partial charge in [0.1, 0.15) is 0 Å². The van der Waals surface area contributed by atoms with Crippen LogP contribution in [0.3, 0.4) is 0 Å². The molecule has 0 atom stereocenters. The van der Waals surface area contributed by atoms with E-state index in [0.717, 1.165) is 16.7 Å². The maximum Gasteiger partial charge on any atom is 0.240 e. The van der Waals surface area contributed by atoms with Crippen LogP contribution in [-0.4, -0.2) is 12.2 Å². The van der Waals surface area contributed by atoms with Gasteiger partial charge in [-0.15, -0.1) is 0 Å². The molecule has 0 aliphatic carbocycles. The average Bonchev–Trinajstić information content (AvgIpc) is 2.48. The molecular formula is C16H10Cl2N2O2. The van der Waals surface area contributed by atoms with Gasteiger partial charge in [-0.3, -0.25) is 0 Å². The van der Waals surface area contributed by atoms with Crippen LogP contribution in [0.2, 0.25) is 10.0 Å². The SMILES string of the molecule is Cc1cc(Cc2cc(Cl)ccc2Cl)c(N=C=O)cc1N=C=O. The summed E-state index contributed by atoms with van der Waals surface area (Å²) < 4.78 is 0. The van der Waals surface area contributed by atoms with Crippen molar-refractivity contribution in [1.29, 1.82) is 0 Å². The van der Waals surface area contributed by atoms with E-state index >= 15 is 0 Å². The first-order valence-electron chi connectivity index (χ1n) is 6.28. The first kappa shape index (κ1) is 16.2. The van der Waals surface area contributed by atoms with Gasteiger partial charge in [-0.2, -0.15) is 9.98 Å². The zero-order chi connectivity index (χ0) is 16.1. The van der Waals surface area contributed by atoms with E-state index < -0.39 is 0 Å². The number of aryl methyl sites for hydroxylation is 1. The van der Waals surface area contributed by atoms with E-state index in [1.54, 1.807) is 37.3 Å². The Morgan fingerprint density at radius 2 is 1.64 bits per heavy atom. The van der Waals surface area contributed by atoms with Gasteiger partial charge in [0, 0.05) is 16.5 Å². The van der Waals surface area contributed by atoms with Gasteiger partial charge in [-0.05, 0) is 47.9 Å². The van der Waals surface area contributed by atoms with Crippen molar-refractivity contribution < 1.29 is 9.59 Å². The van der Waals surface area contributed by atoms with Crippen LogP contribution < -0.4 is 0 Å². The van der Waals surface area contributed by atoms with Crippen molar-refractivity contribution in [1.82, 2.24) is 0 Å². The Kier molecular flexibility index (Phi) is 5.26. The molecule has 0 aromatic heterocycles. The topological polar surface area (TPSA) is 58.9 Å². The van der Waals surface area contributed by atoms with Crippen LogP contribution >= 0.6 is 23.2 Å². The molecule has 0 bridgehead atoms. The fourth-order valence-electron chi connectivity index (χ4n) is 2.09. The van der Waals surface area contributed by atoms with Crippen LogP contribution in [-0.2, 0) is 16.0 Å². The molecule has 0 unspecified atom stereocenters. The number of nitrogens with zero attached hydrogens (tertiary/aromatic N) is 2. The van der Waals surface area contributed by atoms with Crippen LogP contribution in [0.1, 0.15) is 16.7 Å². The largest absolute Gasteiger partial charge is 0.240 e. The summed E-state index contributed by atoms with van der Waals surface area (Å²) in [5, 5.41) is 1.14. The molecule has 22 heavy (non-hydrogen) atoms. The summed E-state index contributed by atoms with van der Waals surface area (Å²) in [5.74, 6) is 0. The summed E-state index contributed by atoms with van der Waals surface area (Å²) in [6.45, 7) is 1.80. The molecule has 110 valence electrons. The third-order valence-corrected chi connectivity index (χ3v) is 3.72. The molecule has 4 nitrogen and oxygen atoms in total. The van der Waals surface area contributed by atoms with Gasteiger partial charge in [0.15, 0.2) is 0 Å². The van der Waals surface area contributed by atoms with Gasteiger partial charge >= 0.3 is 0 Å². The molecule has 0 N–H and O–H groups in total. The summed E-state index contributed by atoms with van der Waals surface area (Å²) in [6, 6.07) is 8.50. The zero-order valence-corrected chi connectivity index (χ0v) is 13.1. The van der Waals surface area contributed by atoms with Gasteiger partial charge in [-0.25, -0.2) is 9.59 Å². The molecule has 2 rings (SSSR count). The standard InChI is InChI=1S/C16H10Cl2N2O2/c1-10-4-12(5-11-6-13(17)2-3-14(11)18)16(20-9-22)7-15(10)19-8-21/h2-4,6-7H,5H2,1H3. The van der Waals surface area contributed by atoms with Crippen LogP contribution in [0.25, 0.3) is 0 Å². The zero-order valence-electron chi connectivity index (χ0n) is 11.6. The minimum Gasteiger partial charge on any atom is -0.211 e. The lowest BCUT2D eigenvalue weighted by Crippen LogP contribution is -1.92. The Morgan fingerprint density at radius 1 is 0.955 bits per heavy atom. The molecule has 0 fully saturated rings. The highest BCUT2D eigenvalue weighted by Gasteiger charge is 2.10.